The molecule has 3 aliphatic rings. The number of halogens is 3. The van der Waals surface area contributed by atoms with E-state index in [4.69, 9.17) is 40.9 Å². The summed E-state index contributed by atoms with van der Waals surface area (Å²) < 4.78 is 11.6. The van der Waals surface area contributed by atoms with Crippen molar-refractivity contribution >= 4 is 46.8 Å². The summed E-state index contributed by atoms with van der Waals surface area (Å²) in [7, 11) is 0. The number of carbonyl (C=O) groups excluding carboxylic acids is 2. The van der Waals surface area contributed by atoms with Crippen molar-refractivity contribution in [3.63, 3.8) is 0 Å². The minimum Gasteiger partial charge on any atom is -0.448 e. The van der Waals surface area contributed by atoms with Crippen LogP contribution in [-0.4, -0.2) is 22.4 Å². The van der Waals surface area contributed by atoms with Crippen LogP contribution in [0.25, 0.3) is 0 Å². The van der Waals surface area contributed by atoms with Crippen LogP contribution in [0.3, 0.4) is 0 Å². The van der Waals surface area contributed by atoms with Gasteiger partial charge in [0.05, 0.1) is 1.37 Å². The molecule has 7 heteroatoms. The van der Waals surface area contributed by atoms with Gasteiger partial charge in [-0.15, -0.1) is 0 Å². The highest BCUT2D eigenvalue weighted by Gasteiger charge is 2.71. The van der Waals surface area contributed by atoms with Crippen LogP contribution in [0.1, 0.15) is 54.2 Å². The van der Waals surface area contributed by atoms with Gasteiger partial charge in [-0.3, -0.25) is 10.1 Å². The lowest BCUT2D eigenvalue weighted by Gasteiger charge is -2.47. The highest BCUT2D eigenvalue weighted by Crippen LogP contribution is 2.78. The average molecular weight is 410 g/mol. The molecule has 1 unspecified atom stereocenters. The summed E-state index contributed by atoms with van der Waals surface area (Å²) >= 11 is 16.4. The molecule has 25 heavy (non-hydrogen) atoms. The summed E-state index contributed by atoms with van der Waals surface area (Å²) in [6.07, 6.45) is 6.47. The van der Waals surface area contributed by atoms with Gasteiger partial charge in [-0.2, -0.15) is 0 Å². The summed E-state index contributed by atoms with van der Waals surface area (Å²) in [5.41, 5.74) is 0.712. The highest BCUT2D eigenvalue weighted by molar-refractivity contribution is 6.76. The van der Waals surface area contributed by atoms with E-state index in [1.807, 2.05) is 12.2 Å². The van der Waals surface area contributed by atoms with Crippen LogP contribution >= 0.6 is 34.8 Å². The number of rotatable bonds is 2. The predicted octanol–water partition coefficient (Wildman–Crippen LogP) is 5.16. The highest BCUT2D eigenvalue weighted by atomic mass is 35.6. The van der Waals surface area contributed by atoms with E-state index in [1.54, 1.807) is 0 Å². The van der Waals surface area contributed by atoms with Crippen molar-refractivity contribution in [2.75, 3.05) is 6.58 Å². The Morgan fingerprint density at radius 1 is 1.40 bits per heavy atom. The molecule has 3 aliphatic carbocycles. The second-order valence-corrected chi connectivity index (χ2v) is 10.2. The lowest BCUT2D eigenvalue weighted by molar-refractivity contribution is -0.119. The van der Waals surface area contributed by atoms with E-state index in [2.05, 4.69) is 19.9 Å². The molecule has 1 N–H and O–H groups in total. The zero-order valence-electron chi connectivity index (χ0n) is 15.6. The maximum Gasteiger partial charge on any atom is 0.413 e. The van der Waals surface area contributed by atoms with Crippen molar-refractivity contribution < 1.29 is 15.7 Å². The molecule has 0 aromatic heterocycles. The summed E-state index contributed by atoms with van der Waals surface area (Å²) in [5.74, 6) is -0.541. The van der Waals surface area contributed by atoms with Crippen LogP contribution in [0.5, 0.6) is 0 Å². The van der Waals surface area contributed by atoms with E-state index in [-0.39, 0.29) is 10.8 Å². The van der Waals surface area contributed by atoms with Crippen molar-refractivity contribution in [2.45, 2.75) is 56.7 Å². The molecule has 2 amide bonds. The Bertz CT molecular complexity index is 679. The Balaban J connectivity index is 1.83. The minimum atomic E-state index is -2.26. The van der Waals surface area contributed by atoms with Gasteiger partial charge in [0.2, 0.25) is 0 Å². The lowest BCUT2D eigenvalue weighted by atomic mass is 9.56. The van der Waals surface area contributed by atoms with Gasteiger partial charge in [0.15, 0.2) is 0 Å². The fourth-order valence-electron chi connectivity index (χ4n) is 6.12. The van der Waals surface area contributed by atoms with Gasteiger partial charge in [0.25, 0.3) is 9.70 Å². The quantitative estimate of drug-likeness (QED) is 0.506. The largest absolute Gasteiger partial charge is 0.448 e. The Labute approximate surface area is 165 Å². The molecule has 0 spiro atoms. The molecule has 0 heterocycles. The maximum atomic E-state index is 12.1. The van der Waals surface area contributed by atoms with Crippen molar-refractivity contribution in [3.05, 3.63) is 11.6 Å². The number of imide groups is 1. The zero-order valence-corrected chi connectivity index (χ0v) is 16.9. The topological polar surface area (TPSA) is 55.4 Å². The van der Waals surface area contributed by atoms with E-state index >= 15 is 0 Å². The molecule has 5 atom stereocenters. The molecule has 4 nitrogen and oxygen atoms in total. The van der Waals surface area contributed by atoms with Gasteiger partial charge in [0, 0.05) is 10.8 Å². The van der Waals surface area contributed by atoms with E-state index in [1.165, 1.54) is 5.57 Å². The SMILES string of the molecule is [2H]C(OC(=O)NC(=O)C(Cl)(Cl)Cl)[C@@]1(C)C=C(C)[C@]23CCC[C@@]21CC[C@H]3C. The number of carbonyl (C=O) groups is 2. The Morgan fingerprint density at radius 3 is 2.72 bits per heavy atom. The van der Waals surface area contributed by atoms with Crippen LogP contribution in [0.4, 0.5) is 4.79 Å². The maximum absolute atomic E-state index is 12.1. The summed E-state index contributed by atoms with van der Waals surface area (Å²) in [6, 6.07) is 0. The molecule has 0 aromatic carbocycles. The normalized spacial score (nSPS) is 41.4. The molecular formula is C18H24Cl3NO3. The molecule has 0 saturated heterocycles. The van der Waals surface area contributed by atoms with Crippen LogP contribution < -0.4 is 5.32 Å². The minimum absolute atomic E-state index is 0.0740. The number of alkyl halides is 3. The fraction of sp³-hybridized carbons (Fsp3) is 0.778. The van der Waals surface area contributed by atoms with E-state index in [9.17, 15) is 9.59 Å². The second kappa shape index (κ2) is 6.03. The number of alkyl carbamates (subject to hydrolysis) is 1. The molecule has 0 radical (unpaired) electrons. The molecule has 0 aromatic rings. The van der Waals surface area contributed by atoms with Gasteiger partial charge in [-0.25, -0.2) is 4.79 Å². The van der Waals surface area contributed by atoms with Gasteiger partial charge in [0.1, 0.15) is 6.58 Å². The number of allylic oxidation sites excluding steroid dienone is 1. The molecule has 2 saturated carbocycles. The number of ether oxygens (including phenoxy) is 1. The van der Waals surface area contributed by atoms with Crippen molar-refractivity contribution in [2.24, 2.45) is 22.2 Å². The first kappa shape index (κ1) is 17.9. The number of hydrogen-bond donors (Lipinski definition) is 1. The van der Waals surface area contributed by atoms with E-state index in [0.717, 1.165) is 32.1 Å². The summed E-state index contributed by atoms with van der Waals surface area (Å²) in [5, 5.41) is 1.89. The van der Waals surface area contributed by atoms with Gasteiger partial charge < -0.3 is 4.74 Å². The van der Waals surface area contributed by atoms with Crippen LogP contribution in [-0.2, 0) is 9.53 Å². The zero-order chi connectivity index (χ0) is 19.5. The molecule has 0 bridgehead atoms. The third-order valence-corrected chi connectivity index (χ3v) is 7.52. The third-order valence-electron chi connectivity index (χ3n) is 7.01. The lowest BCUT2D eigenvalue weighted by Crippen LogP contribution is -2.46. The van der Waals surface area contributed by atoms with Gasteiger partial charge >= 0.3 is 6.09 Å². The molecule has 140 valence electrons. The Hall–Kier alpha value is -0.450. The third kappa shape index (κ3) is 2.62. The average Bonchev–Trinajstić information content (AvgIpc) is 3.09. The first-order chi connectivity index (χ1) is 11.9. The summed E-state index contributed by atoms with van der Waals surface area (Å²) in [4.78, 5) is 23.7. The molecular weight excluding hydrogens is 385 g/mol. The van der Waals surface area contributed by atoms with E-state index < -0.39 is 27.8 Å². The van der Waals surface area contributed by atoms with Gasteiger partial charge in [-0.1, -0.05) is 66.7 Å². The second-order valence-electron chi connectivity index (χ2n) is 7.93. The first-order valence-electron chi connectivity index (χ1n) is 9.19. The van der Waals surface area contributed by atoms with E-state index in [0.29, 0.717) is 5.92 Å². The predicted molar refractivity (Wildman–Crippen MR) is 98.8 cm³/mol. The first-order valence-corrected chi connectivity index (χ1v) is 9.75. The van der Waals surface area contributed by atoms with Crippen LogP contribution in [0, 0.1) is 22.2 Å². The number of nitrogens with one attached hydrogen (secondary N) is 1. The Morgan fingerprint density at radius 2 is 2.08 bits per heavy atom. The van der Waals surface area contributed by atoms with Crippen molar-refractivity contribution in [3.8, 4) is 0 Å². The van der Waals surface area contributed by atoms with Crippen LogP contribution in [0.15, 0.2) is 11.6 Å². The smallest absolute Gasteiger partial charge is 0.413 e. The van der Waals surface area contributed by atoms with Crippen molar-refractivity contribution in [1.82, 2.24) is 5.32 Å². The summed E-state index contributed by atoms with van der Waals surface area (Å²) in [6.45, 7) is 5.30. The van der Waals surface area contributed by atoms with Crippen LogP contribution in [0.2, 0.25) is 0 Å². The molecule has 2 fully saturated rings. The number of amides is 2. The monoisotopic (exact) mass is 408 g/mol. The number of hydrogen-bond acceptors (Lipinski definition) is 3. The van der Waals surface area contributed by atoms with Crippen molar-refractivity contribution in [1.29, 1.82) is 0 Å². The Kier molecular flexibility index (Phi) is 4.33. The molecule has 0 aliphatic heterocycles. The fourth-order valence-corrected chi connectivity index (χ4v) is 6.26. The standard InChI is InChI=1S/C18H24Cl3NO3/c1-11-5-8-16-6-4-7-17(11,16)12(2)9-15(16,3)10-25-14(24)22-13(23)18(19,20)21/h9,11H,4-8,10H2,1-3H3,(H,22,23,24)/t11-,15-,16+,17-/m1/s1/i10D/t10?,11-,15-,16+,17-. The molecule has 3 rings (SSSR count). The van der Waals surface area contributed by atoms with Gasteiger partial charge in [-0.05, 0) is 43.9 Å².